The van der Waals surface area contributed by atoms with Crippen molar-refractivity contribution in [1.82, 2.24) is 9.80 Å². The number of aliphatic hydroxyl groups is 1. The Balaban J connectivity index is 1.14. The Morgan fingerprint density at radius 1 is 1.14 bits per heavy atom. The van der Waals surface area contributed by atoms with Crippen LogP contribution in [0.4, 0.5) is 4.39 Å². The molecule has 1 atom stereocenters. The Hall–Kier alpha value is -2.77. The lowest BCUT2D eigenvalue weighted by atomic mass is 9.97. The minimum atomic E-state index is -0.683. The van der Waals surface area contributed by atoms with E-state index in [0.29, 0.717) is 29.4 Å². The van der Waals surface area contributed by atoms with Crippen molar-refractivity contribution in [1.29, 1.82) is 0 Å². The summed E-state index contributed by atoms with van der Waals surface area (Å²) in [6, 6.07) is 13.5. The van der Waals surface area contributed by atoms with Crippen molar-refractivity contribution >= 4 is 33.2 Å². The smallest absolute Gasteiger partial charge is 0.225 e. The van der Waals surface area contributed by atoms with E-state index in [0.717, 1.165) is 49.7 Å². The molecule has 3 fully saturated rings. The van der Waals surface area contributed by atoms with Gasteiger partial charge in [0.05, 0.1) is 0 Å². The van der Waals surface area contributed by atoms with E-state index in [4.69, 9.17) is 4.99 Å². The van der Waals surface area contributed by atoms with Gasteiger partial charge in [0.2, 0.25) is 5.91 Å². The Morgan fingerprint density at radius 2 is 1.91 bits per heavy atom. The van der Waals surface area contributed by atoms with Gasteiger partial charge in [0.25, 0.3) is 0 Å². The summed E-state index contributed by atoms with van der Waals surface area (Å²) in [5.41, 5.74) is 1.68. The number of aliphatic hydroxyl groups excluding tert-OH is 1. The molecule has 3 aromatic rings. The number of carbonyl (C=O) groups excluding carboxylic acids is 1. The van der Waals surface area contributed by atoms with Gasteiger partial charge >= 0.3 is 0 Å². The summed E-state index contributed by atoms with van der Waals surface area (Å²) in [5.74, 6) is 1.22. The third kappa shape index (κ3) is 3.59. The second-order valence-corrected chi connectivity index (χ2v) is 12.0. The number of aliphatic imine (C=N–C) groups is 1. The quantitative estimate of drug-likeness (QED) is 0.560. The lowest BCUT2D eigenvalue weighted by Gasteiger charge is -2.42. The van der Waals surface area contributed by atoms with E-state index >= 15 is 4.39 Å². The number of hydrogen-bond acceptors (Lipinski definition) is 5. The maximum absolute atomic E-state index is 15.4. The lowest BCUT2D eigenvalue weighted by Crippen LogP contribution is -2.56. The van der Waals surface area contributed by atoms with Crippen molar-refractivity contribution in [2.45, 2.75) is 44.4 Å². The highest BCUT2D eigenvalue weighted by atomic mass is 32.1. The average molecular weight is 490 g/mol. The van der Waals surface area contributed by atoms with Crippen molar-refractivity contribution in [3.05, 3.63) is 58.7 Å². The van der Waals surface area contributed by atoms with Gasteiger partial charge in [-0.1, -0.05) is 18.2 Å². The molecule has 0 bridgehead atoms. The third-order valence-corrected chi connectivity index (χ3v) is 9.00. The zero-order valence-electron chi connectivity index (χ0n) is 19.7. The highest BCUT2D eigenvalue weighted by molar-refractivity contribution is 7.19. The predicted octanol–water partition coefficient (Wildman–Crippen LogP) is 4.80. The molecule has 1 N–H and O–H groups in total. The summed E-state index contributed by atoms with van der Waals surface area (Å²) >= 11 is 1.74. The van der Waals surface area contributed by atoms with Crippen LogP contribution in [0.5, 0.6) is 0 Å². The maximum atomic E-state index is 15.4. The Morgan fingerprint density at radius 3 is 2.63 bits per heavy atom. The summed E-state index contributed by atoms with van der Waals surface area (Å²) in [4.78, 5) is 22.3. The van der Waals surface area contributed by atoms with Crippen LogP contribution in [0.2, 0.25) is 0 Å². The van der Waals surface area contributed by atoms with E-state index in [2.05, 4.69) is 19.1 Å². The zero-order chi connectivity index (χ0) is 23.9. The number of amides is 1. The molecule has 2 aliphatic heterocycles. The second kappa shape index (κ2) is 7.61. The topological polar surface area (TPSA) is 56.1 Å². The van der Waals surface area contributed by atoms with Gasteiger partial charge in [0, 0.05) is 52.2 Å². The normalized spacial score (nSPS) is 23.2. The number of fused-ring (bicyclic) bond motifs is 1. The number of nitrogens with zero attached hydrogens (tertiary/aromatic N) is 3. The number of aryl methyl sites for hydroxylation is 1. The van der Waals surface area contributed by atoms with Crippen LogP contribution in [-0.2, 0) is 4.79 Å². The minimum Gasteiger partial charge on any atom is -0.371 e. The molecule has 2 saturated carbocycles. The van der Waals surface area contributed by atoms with Crippen LogP contribution in [0, 0.1) is 24.6 Å². The molecule has 3 heterocycles. The molecule has 5 nitrogen and oxygen atoms in total. The molecule has 2 aliphatic carbocycles. The van der Waals surface area contributed by atoms with Crippen LogP contribution in [0.15, 0.2) is 47.5 Å². The molecule has 1 unspecified atom stereocenters. The van der Waals surface area contributed by atoms with Crippen molar-refractivity contribution < 1.29 is 14.3 Å². The summed E-state index contributed by atoms with van der Waals surface area (Å²) in [6.45, 7) is 4.18. The van der Waals surface area contributed by atoms with E-state index in [1.54, 1.807) is 17.4 Å². The number of rotatable bonds is 5. The molecular weight excluding hydrogens is 461 g/mol. The number of likely N-dealkylation sites (tertiary alicyclic amines) is 1. The van der Waals surface area contributed by atoms with Gasteiger partial charge in [-0.05, 0) is 67.8 Å². The Kier molecular flexibility index (Phi) is 4.68. The molecule has 7 heteroatoms. The van der Waals surface area contributed by atoms with Gasteiger partial charge in [0.15, 0.2) is 6.23 Å². The largest absolute Gasteiger partial charge is 0.371 e. The highest BCUT2D eigenvalue weighted by Gasteiger charge is 2.57. The van der Waals surface area contributed by atoms with Crippen LogP contribution in [0.1, 0.15) is 36.1 Å². The van der Waals surface area contributed by atoms with Crippen molar-refractivity contribution in [2.24, 2.45) is 16.8 Å². The molecule has 0 radical (unpaired) electrons. The Labute approximate surface area is 207 Å². The fraction of sp³-hybridized carbons (Fsp3) is 0.429. The van der Waals surface area contributed by atoms with Crippen LogP contribution in [-0.4, -0.2) is 58.1 Å². The van der Waals surface area contributed by atoms with E-state index in [9.17, 15) is 9.90 Å². The second-order valence-electron chi connectivity index (χ2n) is 10.8. The van der Waals surface area contributed by atoms with E-state index in [-0.39, 0.29) is 17.6 Å². The number of carbonyl (C=O) groups is 1. The number of thiophene rings is 1. The minimum absolute atomic E-state index is 0.242. The lowest BCUT2D eigenvalue weighted by molar-refractivity contribution is -0.139. The number of hydrogen-bond donors (Lipinski definition) is 1. The summed E-state index contributed by atoms with van der Waals surface area (Å²) < 4.78 is 16.6. The molecule has 7 rings (SSSR count). The molecular formula is C28H28FN3O2S. The van der Waals surface area contributed by atoms with Crippen molar-refractivity contribution in [2.75, 3.05) is 19.6 Å². The zero-order valence-corrected chi connectivity index (χ0v) is 20.5. The first-order valence-electron chi connectivity index (χ1n) is 12.5. The van der Waals surface area contributed by atoms with Crippen LogP contribution in [0.3, 0.4) is 0 Å². The van der Waals surface area contributed by atoms with Gasteiger partial charge in [-0.2, -0.15) is 0 Å². The number of amidine groups is 1. The summed E-state index contributed by atoms with van der Waals surface area (Å²) in [7, 11) is 0. The molecule has 2 aromatic carbocycles. The van der Waals surface area contributed by atoms with Crippen LogP contribution < -0.4 is 0 Å². The van der Waals surface area contributed by atoms with E-state index < -0.39 is 11.8 Å². The predicted molar refractivity (Wildman–Crippen MR) is 136 cm³/mol. The molecule has 180 valence electrons. The van der Waals surface area contributed by atoms with Crippen molar-refractivity contribution in [3.63, 3.8) is 0 Å². The molecule has 1 amide bonds. The summed E-state index contributed by atoms with van der Waals surface area (Å²) in [5, 5.41) is 12.2. The van der Waals surface area contributed by atoms with Gasteiger partial charge in [-0.3, -0.25) is 9.79 Å². The fourth-order valence-corrected chi connectivity index (χ4v) is 6.52. The molecule has 1 aromatic heterocycles. The molecule has 1 spiro atoms. The average Bonchev–Trinajstić information content (AvgIpc) is 3.72. The standard InChI is InChI=1S/C28H28FN3O2S/c1-16-10-21-11-19(5-7-24(21)35-16)22-6-4-20(12-23(22)29)25-30-28(8-9-28)27(34)32(25)15-17-13-31(14-17)26(33)18-2-3-18/h4-7,10-12,17-18,27,34H,2-3,8-9,13-15H2,1H3. The van der Waals surface area contributed by atoms with Crippen LogP contribution >= 0.6 is 11.3 Å². The molecule has 1 saturated heterocycles. The van der Waals surface area contributed by atoms with Gasteiger partial charge in [-0.25, -0.2) is 4.39 Å². The monoisotopic (exact) mass is 489 g/mol. The Bertz CT molecular complexity index is 1380. The van der Waals surface area contributed by atoms with Crippen LogP contribution in [0.25, 0.3) is 21.2 Å². The van der Waals surface area contributed by atoms with Gasteiger partial charge in [-0.15, -0.1) is 11.3 Å². The maximum Gasteiger partial charge on any atom is 0.225 e. The highest BCUT2D eigenvalue weighted by Crippen LogP contribution is 2.49. The van der Waals surface area contributed by atoms with Gasteiger partial charge < -0.3 is 14.9 Å². The SMILES string of the molecule is Cc1cc2cc(-c3ccc(C4=NC5(CC5)C(O)N4CC4CN(C(=O)C5CC5)C4)cc3F)ccc2s1. The van der Waals surface area contributed by atoms with Crippen molar-refractivity contribution in [3.8, 4) is 11.1 Å². The fourth-order valence-electron chi connectivity index (χ4n) is 5.62. The van der Waals surface area contributed by atoms with Gasteiger partial charge in [0.1, 0.15) is 17.2 Å². The van der Waals surface area contributed by atoms with E-state index in [1.807, 2.05) is 34.1 Å². The van der Waals surface area contributed by atoms with E-state index in [1.165, 1.54) is 9.58 Å². The molecule has 4 aliphatic rings. The third-order valence-electron chi connectivity index (χ3n) is 7.97. The first-order chi connectivity index (χ1) is 16.9. The first kappa shape index (κ1) is 21.5. The first-order valence-corrected chi connectivity index (χ1v) is 13.4. The summed E-state index contributed by atoms with van der Waals surface area (Å²) in [6.07, 6.45) is 3.06. The number of benzene rings is 2. The number of halogens is 1. The molecule has 35 heavy (non-hydrogen) atoms.